The summed E-state index contributed by atoms with van der Waals surface area (Å²) in [5, 5.41) is 12.8. The molecule has 0 spiro atoms. The molecule has 158 valence electrons. The van der Waals surface area contributed by atoms with Gasteiger partial charge in [-0.05, 0) is 62.7 Å². The zero-order chi connectivity index (χ0) is 21.7. The maximum Gasteiger partial charge on any atom is 0.234 e. The molecule has 0 radical (unpaired) electrons. The van der Waals surface area contributed by atoms with Gasteiger partial charge in [-0.25, -0.2) is 0 Å². The summed E-state index contributed by atoms with van der Waals surface area (Å²) in [6.45, 7) is 8.11. The average molecular weight is 444 g/mol. The quantitative estimate of drug-likeness (QED) is 0.495. The molecule has 0 aliphatic carbocycles. The summed E-state index contributed by atoms with van der Waals surface area (Å²) in [5.41, 5.74) is 3.76. The first-order valence-corrected chi connectivity index (χ1v) is 11.2. The van der Waals surface area contributed by atoms with E-state index < -0.39 is 0 Å². The van der Waals surface area contributed by atoms with E-state index in [2.05, 4.69) is 58.5 Å². The lowest BCUT2D eigenvalue weighted by Crippen LogP contribution is -2.21. The molecule has 1 amide bonds. The normalized spacial score (nSPS) is 10.8. The van der Waals surface area contributed by atoms with E-state index in [0.717, 1.165) is 35.7 Å². The Morgan fingerprint density at radius 1 is 1.13 bits per heavy atom. The topological polar surface area (TPSA) is 63.1 Å². The molecular weight excluding hydrogens is 418 g/mol. The number of nitrogens with zero attached hydrogens (tertiary/aromatic N) is 4. The molecular formula is C22H26ClN5OS. The van der Waals surface area contributed by atoms with Crippen LogP contribution in [0.3, 0.4) is 0 Å². The molecule has 1 N–H and O–H groups in total. The summed E-state index contributed by atoms with van der Waals surface area (Å²) < 4.78 is 1.91. The molecule has 1 heterocycles. The lowest BCUT2D eigenvalue weighted by Gasteiger charge is -2.21. The molecule has 1 aromatic heterocycles. The Balaban J connectivity index is 1.65. The van der Waals surface area contributed by atoms with Crippen LogP contribution in [0.1, 0.15) is 19.4 Å². The van der Waals surface area contributed by atoms with Crippen LogP contribution in [-0.2, 0) is 11.8 Å². The Morgan fingerprint density at radius 2 is 1.83 bits per heavy atom. The number of carbonyl (C=O) groups is 1. The van der Waals surface area contributed by atoms with Gasteiger partial charge in [-0.3, -0.25) is 4.79 Å². The Labute approximate surface area is 186 Å². The number of hydrogen-bond donors (Lipinski definition) is 1. The molecule has 6 nitrogen and oxygen atoms in total. The van der Waals surface area contributed by atoms with Crippen molar-refractivity contribution in [3.63, 3.8) is 0 Å². The van der Waals surface area contributed by atoms with Gasteiger partial charge in [0.2, 0.25) is 5.91 Å². The first-order valence-electron chi connectivity index (χ1n) is 9.87. The van der Waals surface area contributed by atoms with Crippen molar-refractivity contribution in [1.82, 2.24) is 14.8 Å². The van der Waals surface area contributed by atoms with Gasteiger partial charge in [0.25, 0.3) is 0 Å². The SMILES string of the molecule is CCN(CC)c1ccc(-c2nnc(SCC(=O)Nc3cccc(Cl)c3C)n2C)cc1. The molecule has 0 saturated carbocycles. The molecule has 0 atom stereocenters. The first-order chi connectivity index (χ1) is 14.4. The summed E-state index contributed by atoms with van der Waals surface area (Å²) in [5.74, 6) is 0.895. The molecule has 3 aromatic rings. The minimum Gasteiger partial charge on any atom is -0.372 e. The predicted octanol–water partition coefficient (Wildman–Crippen LogP) is 5.02. The second kappa shape index (κ2) is 10.00. The third-order valence-electron chi connectivity index (χ3n) is 4.96. The van der Waals surface area contributed by atoms with Crippen molar-refractivity contribution >= 4 is 40.6 Å². The van der Waals surface area contributed by atoms with E-state index in [-0.39, 0.29) is 11.7 Å². The van der Waals surface area contributed by atoms with Gasteiger partial charge < -0.3 is 14.8 Å². The van der Waals surface area contributed by atoms with E-state index in [9.17, 15) is 4.79 Å². The molecule has 8 heteroatoms. The third kappa shape index (κ3) is 4.96. The Morgan fingerprint density at radius 3 is 2.50 bits per heavy atom. The monoisotopic (exact) mass is 443 g/mol. The van der Waals surface area contributed by atoms with Crippen LogP contribution in [0.25, 0.3) is 11.4 Å². The van der Waals surface area contributed by atoms with Gasteiger partial charge in [0, 0.05) is 42.1 Å². The molecule has 0 saturated heterocycles. The highest BCUT2D eigenvalue weighted by Crippen LogP contribution is 2.26. The minimum absolute atomic E-state index is 0.113. The molecule has 0 unspecified atom stereocenters. The summed E-state index contributed by atoms with van der Waals surface area (Å²) in [4.78, 5) is 14.7. The molecule has 0 bridgehead atoms. The van der Waals surface area contributed by atoms with Crippen molar-refractivity contribution in [2.45, 2.75) is 25.9 Å². The van der Waals surface area contributed by atoms with Gasteiger partial charge in [0.05, 0.1) is 5.75 Å². The summed E-state index contributed by atoms with van der Waals surface area (Å²) in [7, 11) is 1.91. The highest BCUT2D eigenvalue weighted by atomic mass is 35.5. The smallest absolute Gasteiger partial charge is 0.234 e. The molecule has 2 aromatic carbocycles. The molecule has 0 aliphatic rings. The largest absolute Gasteiger partial charge is 0.372 e. The molecule has 0 fully saturated rings. The van der Waals surface area contributed by atoms with Crippen LogP contribution in [0.4, 0.5) is 11.4 Å². The van der Waals surface area contributed by atoms with Crippen molar-refractivity contribution in [3.05, 3.63) is 53.1 Å². The van der Waals surface area contributed by atoms with Crippen LogP contribution in [0, 0.1) is 6.92 Å². The second-order valence-electron chi connectivity index (χ2n) is 6.83. The number of aromatic nitrogens is 3. The number of rotatable bonds is 8. The molecule has 3 rings (SSSR count). The van der Waals surface area contributed by atoms with Crippen LogP contribution in [0.15, 0.2) is 47.6 Å². The minimum atomic E-state index is -0.113. The van der Waals surface area contributed by atoms with E-state index in [1.807, 2.05) is 30.7 Å². The lowest BCUT2D eigenvalue weighted by molar-refractivity contribution is -0.113. The highest BCUT2D eigenvalue weighted by molar-refractivity contribution is 7.99. The number of nitrogens with one attached hydrogen (secondary N) is 1. The van der Waals surface area contributed by atoms with E-state index in [0.29, 0.717) is 10.2 Å². The van der Waals surface area contributed by atoms with Gasteiger partial charge in [-0.1, -0.05) is 29.4 Å². The maximum absolute atomic E-state index is 12.4. The van der Waals surface area contributed by atoms with Gasteiger partial charge in [0.1, 0.15) is 0 Å². The zero-order valence-corrected chi connectivity index (χ0v) is 19.2. The van der Waals surface area contributed by atoms with Crippen LogP contribution >= 0.6 is 23.4 Å². The number of benzene rings is 2. The average Bonchev–Trinajstić information content (AvgIpc) is 3.12. The van der Waals surface area contributed by atoms with E-state index in [1.165, 1.54) is 17.4 Å². The van der Waals surface area contributed by atoms with Gasteiger partial charge in [-0.15, -0.1) is 10.2 Å². The highest BCUT2D eigenvalue weighted by Gasteiger charge is 2.14. The third-order valence-corrected chi connectivity index (χ3v) is 6.39. The van der Waals surface area contributed by atoms with Crippen LogP contribution in [0.2, 0.25) is 5.02 Å². The first kappa shape index (κ1) is 22.2. The van der Waals surface area contributed by atoms with Gasteiger partial charge >= 0.3 is 0 Å². The number of anilines is 2. The number of thioether (sulfide) groups is 1. The van der Waals surface area contributed by atoms with Crippen LogP contribution < -0.4 is 10.2 Å². The number of carbonyl (C=O) groups excluding carboxylic acids is 1. The number of halogens is 1. The molecule has 0 aliphatic heterocycles. The van der Waals surface area contributed by atoms with E-state index >= 15 is 0 Å². The Kier molecular flexibility index (Phi) is 7.39. The Hall–Kier alpha value is -2.51. The van der Waals surface area contributed by atoms with Crippen molar-refractivity contribution in [1.29, 1.82) is 0 Å². The number of hydrogen-bond acceptors (Lipinski definition) is 5. The molecule has 30 heavy (non-hydrogen) atoms. The van der Waals surface area contributed by atoms with Crippen LogP contribution in [-0.4, -0.2) is 39.5 Å². The van der Waals surface area contributed by atoms with Gasteiger partial charge in [0.15, 0.2) is 11.0 Å². The van der Waals surface area contributed by atoms with Gasteiger partial charge in [-0.2, -0.15) is 0 Å². The predicted molar refractivity (Wildman–Crippen MR) is 126 cm³/mol. The van der Waals surface area contributed by atoms with E-state index in [4.69, 9.17) is 11.6 Å². The van der Waals surface area contributed by atoms with Crippen LogP contribution in [0.5, 0.6) is 0 Å². The fourth-order valence-electron chi connectivity index (χ4n) is 3.16. The van der Waals surface area contributed by atoms with Crippen molar-refractivity contribution in [2.24, 2.45) is 7.05 Å². The fraction of sp³-hybridized carbons (Fsp3) is 0.318. The standard InChI is InChI=1S/C22H26ClN5OS/c1-5-28(6-2)17-12-10-16(11-13-17)21-25-26-22(27(21)4)30-14-20(29)24-19-9-7-8-18(23)15(19)3/h7-13H,5-6,14H2,1-4H3,(H,24,29). The van der Waals surface area contributed by atoms with Crippen molar-refractivity contribution in [2.75, 3.05) is 29.1 Å². The maximum atomic E-state index is 12.4. The summed E-state index contributed by atoms with van der Waals surface area (Å²) in [6.07, 6.45) is 0. The van der Waals surface area contributed by atoms with Crippen molar-refractivity contribution < 1.29 is 4.79 Å². The van der Waals surface area contributed by atoms with Crippen molar-refractivity contribution in [3.8, 4) is 11.4 Å². The Bertz CT molecular complexity index is 1010. The zero-order valence-electron chi connectivity index (χ0n) is 17.6. The summed E-state index contributed by atoms with van der Waals surface area (Å²) >= 11 is 7.47. The number of amides is 1. The van der Waals surface area contributed by atoms with E-state index in [1.54, 1.807) is 6.07 Å². The second-order valence-corrected chi connectivity index (χ2v) is 8.18. The lowest BCUT2D eigenvalue weighted by atomic mass is 10.2. The summed E-state index contributed by atoms with van der Waals surface area (Å²) in [6, 6.07) is 13.8. The fourth-order valence-corrected chi connectivity index (χ4v) is 4.05.